The normalized spacial score (nSPS) is 12.3. The molecule has 9 heteroatoms. The maximum absolute atomic E-state index is 12.2. The lowest BCUT2D eigenvalue weighted by Crippen LogP contribution is -2.22. The Hall–Kier alpha value is -3.75. The van der Waals surface area contributed by atoms with Crippen molar-refractivity contribution in [2.24, 2.45) is 5.10 Å². The van der Waals surface area contributed by atoms with Crippen LogP contribution in [0.15, 0.2) is 41.5 Å². The van der Waals surface area contributed by atoms with Crippen LogP contribution in [0.4, 0.5) is 5.69 Å². The molecule has 0 spiro atoms. The molecule has 2 N–H and O–H groups in total. The van der Waals surface area contributed by atoms with Crippen LogP contribution in [0.1, 0.15) is 18.9 Å². The summed E-state index contributed by atoms with van der Waals surface area (Å²) in [5.74, 6) is 1.79. The molecular formula is C21H23N3O6. The maximum atomic E-state index is 12.2. The topological polar surface area (TPSA) is 107 Å². The number of carbonyl (C=O) groups is 2. The summed E-state index contributed by atoms with van der Waals surface area (Å²) in [7, 11) is 3.08. The third kappa shape index (κ3) is 5.40. The van der Waals surface area contributed by atoms with E-state index in [0.717, 1.165) is 5.56 Å². The van der Waals surface area contributed by atoms with Crippen molar-refractivity contribution in [3.8, 4) is 23.0 Å². The minimum Gasteiger partial charge on any atom is -0.493 e. The van der Waals surface area contributed by atoms with E-state index in [1.807, 2.05) is 0 Å². The van der Waals surface area contributed by atoms with Gasteiger partial charge >= 0.3 is 0 Å². The average molecular weight is 413 g/mol. The zero-order chi connectivity index (χ0) is 21.5. The van der Waals surface area contributed by atoms with Gasteiger partial charge in [-0.1, -0.05) is 6.07 Å². The van der Waals surface area contributed by atoms with Crippen LogP contribution in [0.25, 0.3) is 0 Å². The predicted molar refractivity (Wildman–Crippen MR) is 110 cm³/mol. The molecule has 30 heavy (non-hydrogen) atoms. The number of hydrogen-bond donors (Lipinski definition) is 2. The summed E-state index contributed by atoms with van der Waals surface area (Å²) in [5.41, 5.74) is 4.27. The van der Waals surface area contributed by atoms with Crippen LogP contribution >= 0.6 is 0 Å². The van der Waals surface area contributed by atoms with E-state index < -0.39 is 0 Å². The minimum absolute atomic E-state index is 0.0328. The van der Waals surface area contributed by atoms with Crippen molar-refractivity contribution in [3.05, 3.63) is 42.0 Å². The van der Waals surface area contributed by atoms with E-state index in [2.05, 4.69) is 15.8 Å². The van der Waals surface area contributed by atoms with Gasteiger partial charge in [0.2, 0.25) is 18.6 Å². The smallest absolute Gasteiger partial charge is 0.244 e. The second-order valence-electron chi connectivity index (χ2n) is 6.54. The summed E-state index contributed by atoms with van der Waals surface area (Å²) in [5, 5.41) is 6.75. The van der Waals surface area contributed by atoms with Crippen LogP contribution in [0.2, 0.25) is 0 Å². The largest absolute Gasteiger partial charge is 0.493 e. The summed E-state index contributed by atoms with van der Waals surface area (Å²) in [6.07, 6.45) is 0.144. The van der Waals surface area contributed by atoms with E-state index in [9.17, 15) is 9.59 Å². The van der Waals surface area contributed by atoms with Crippen molar-refractivity contribution in [1.82, 2.24) is 5.43 Å². The molecule has 3 rings (SSSR count). The SMILES string of the molecule is COc1ccc(CC(=O)N/N=C(/C)CC(=O)Nc2ccc3c(c2)OCO3)cc1OC. The molecule has 9 nitrogen and oxygen atoms in total. The van der Waals surface area contributed by atoms with E-state index in [0.29, 0.717) is 34.4 Å². The van der Waals surface area contributed by atoms with Crippen molar-refractivity contribution in [2.45, 2.75) is 19.8 Å². The molecule has 0 unspecified atom stereocenters. The molecule has 0 atom stereocenters. The molecular weight excluding hydrogens is 390 g/mol. The van der Waals surface area contributed by atoms with Gasteiger partial charge in [0.15, 0.2) is 23.0 Å². The average Bonchev–Trinajstić information content (AvgIpc) is 3.20. The summed E-state index contributed by atoms with van der Waals surface area (Å²) in [6, 6.07) is 10.4. The van der Waals surface area contributed by atoms with Gasteiger partial charge in [-0.15, -0.1) is 0 Å². The molecule has 158 valence electrons. The minimum atomic E-state index is -0.308. The standard InChI is InChI=1S/C21H23N3O6/c1-13(8-20(25)22-15-5-7-17-19(11-15)30-12-29-17)23-24-21(26)10-14-4-6-16(27-2)18(9-14)28-3/h4-7,9,11H,8,10,12H2,1-3H3,(H,22,25)(H,24,26)/b23-13-. The highest BCUT2D eigenvalue weighted by atomic mass is 16.7. The Labute approximate surface area is 174 Å². The number of methoxy groups -OCH3 is 2. The summed E-state index contributed by atoms with van der Waals surface area (Å²) in [6.45, 7) is 1.83. The molecule has 2 amide bonds. The first-order valence-electron chi connectivity index (χ1n) is 9.21. The number of hydrazone groups is 1. The lowest BCUT2D eigenvalue weighted by atomic mass is 10.1. The maximum Gasteiger partial charge on any atom is 0.244 e. The van der Waals surface area contributed by atoms with Gasteiger partial charge < -0.3 is 24.3 Å². The summed E-state index contributed by atoms with van der Waals surface area (Å²) >= 11 is 0. The van der Waals surface area contributed by atoms with Crippen LogP contribution in [0.3, 0.4) is 0 Å². The van der Waals surface area contributed by atoms with Crippen molar-refractivity contribution >= 4 is 23.2 Å². The van der Waals surface area contributed by atoms with Crippen LogP contribution in [-0.2, 0) is 16.0 Å². The lowest BCUT2D eigenvalue weighted by Gasteiger charge is -2.09. The first-order valence-corrected chi connectivity index (χ1v) is 9.21. The number of rotatable bonds is 8. The Bertz CT molecular complexity index is 973. The van der Waals surface area contributed by atoms with Gasteiger partial charge in [0, 0.05) is 17.5 Å². The Morgan fingerprint density at radius 2 is 1.77 bits per heavy atom. The van der Waals surface area contributed by atoms with E-state index in [1.54, 1.807) is 50.4 Å². The first-order chi connectivity index (χ1) is 14.5. The van der Waals surface area contributed by atoms with Gasteiger partial charge in [-0.2, -0.15) is 5.10 Å². The molecule has 1 heterocycles. The fourth-order valence-corrected chi connectivity index (χ4v) is 2.82. The molecule has 0 aromatic heterocycles. The highest BCUT2D eigenvalue weighted by Gasteiger charge is 2.14. The number of benzene rings is 2. The van der Waals surface area contributed by atoms with Gasteiger partial charge in [0.05, 0.1) is 27.1 Å². The van der Waals surface area contributed by atoms with Gasteiger partial charge in [-0.25, -0.2) is 5.43 Å². The Morgan fingerprint density at radius 1 is 1.00 bits per heavy atom. The number of hydrogen-bond acceptors (Lipinski definition) is 7. The molecule has 0 saturated heterocycles. The first kappa shape index (κ1) is 21.0. The zero-order valence-corrected chi connectivity index (χ0v) is 17.0. The summed E-state index contributed by atoms with van der Waals surface area (Å²) < 4.78 is 20.9. The molecule has 0 fully saturated rings. The van der Waals surface area contributed by atoms with Gasteiger partial charge in [-0.05, 0) is 36.8 Å². The van der Waals surface area contributed by atoms with Gasteiger partial charge in [-0.3, -0.25) is 9.59 Å². The Balaban J connectivity index is 1.49. The molecule has 1 aliphatic rings. The van der Waals surface area contributed by atoms with Crippen LogP contribution in [-0.4, -0.2) is 38.5 Å². The molecule has 0 bridgehead atoms. The molecule has 0 aliphatic carbocycles. The van der Waals surface area contributed by atoms with Crippen LogP contribution in [0.5, 0.6) is 23.0 Å². The van der Waals surface area contributed by atoms with E-state index in [4.69, 9.17) is 18.9 Å². The fraction of sp³-hybridized carbons (Fsp3) is 0.286. The number of nitrogens with zero attached hydrogens (tertiary/aromatic N) is 1. The number of ether oxygens (including phenoxy) is 4. The second kappa shape index (κ2) is 9.64. The molecule has 2 aromatic rings. The van der Waals surface area contributed by atoms with Crippen LogP contribution < -0.4 is 29.7 Å². The molecule has 0 radical (unpaired) electrons. The third-order valence-corrected chi connectivity index (χ3v) is 4.26. The third-order valence-electron chi connectivity index (χ3n) is 4.26. The lowest BCUT2D eigenvalue weighted by molar-refractivity contribution is -0.120. The quantitative estimate of drug-likeness (QED) is 0.509. The molecule has 1 aliphatic heterocycles. The van der Waals surface area contributed by atoms with Crippen molar-refractivity contribution < 1.29 is 28.5 Å². The van der Waals surface area contributed by atoms with Crippen molar-refractivity contribution in [3.63, 3.8) is 0 Å². The summed E-state index contributed by atoms with van der Waals surface area (Å²) in [4.78, 5) is 24.3. The molecule has 2 aromatic carbocycles. The van der Waals surface area contributed by atoms with Gasteiger partial charge in [0.1, 0.15) is 0 Å². The number of nitrogens with one attached hydrogen (secondary N) is 2. The second-order valence-corrected chi connectivity index (χ2v) is 6.54. The molecule has 0 saturated carbocycles. The van der Waals surface area contributed by atoms with Crippen LogP contribution in [0, 0.1) is 0 Å². The number of fused-ring (bicyclic) bond motifs is 1. The van der Waals surface area contributed by atoms with E-state index in [1.165, 1.54) is 7.11 Å². The fourth-order valence-electron chi connectivity index (χ4n) is 2.82. The Morgan fingerprint density at radius 3 is 2.53 bits per heavy atom. The number of anilines is 1. The monoisotopic (exact) mass is 413 g/mol. The predicted octanol–water partition coefficient (Wildman–Crippen LogP) is 2.50. The highest BCUT2D eigenvalue weighted by Crippen LogP contribution is 2.34. The van der Waals surface area contributed by atoms with Gasteiger partial charge in [0.25, 0.3) is 0 Å². The number of carbonyl (C=O) groups excluding carboxylic acids is 2. The number of amides is 2. The van der Waals surface area contributed by atoms with E-state index >= 15 is 0 Å². The Kier molecular flexibility index (Phi) is 6.74. The zero-order valence-electron chi connectivity index (χ0n) is 17.0. The van der Waals surface area contributed by atoms with E-state index in [-0.39, 0.29) is 31.4 Å². The highest BCUT2D eigenvalue weighted by molar-refractivity contribution is 6.05. The van der Waals surface area contributed by atoms with Crippen molar-refractivity contribution in [2.75, 3.05) is 26.3 Å². The van der Waals surface area contributed by atoms with Crippen molar-refractivity contribution in [1.29, 1.82) is 0 Å².